The molecule has 1 saturated heterocycles. The average Bonchev–Trinajstić information content (AvgIpc) is 3.23. The minimum Gasteiger partial charge on any atom is -0.329 e. The second-order valence-electron chi connectivity index (χ2n) is 7.64. The van der Waals surface area contributed by atoms with Crippen molar-refractivity contribution < 1.29 is 9.59 Å². The van der Waals surface area contributed by atoms with Crippen LogP contribution in [0.5, 0.6) is 0 Å². The summed E-state index contributed by atoms with van der Waals surface area (Å²) >= 11 is 0. The van der Waals surface area contributed by atoms with Gasteiger partial charge in [0.1, 0.15) is 6.04 Å². The number of likely N-dealkylation sites (tertiary alicyclic amines) is 1. The minimum absolute atomic E-state index is 0. The molecule has 0 aliphatic carbocycles. The summed E-state index contributed by atoms with van der Waals surface area (Å²) in [6.07, 6.45) is 3.23. The number of rotatable bonds is 4. The van der Waals surface area contributed by atoms with Gasteiger partial charge >= 0.3 is 0 Å². The summed E-state index contributed by atoms with van der Waals surface area (Å²) in [6, 6.07) is 15.5. The minimum atomic E-state index is -0.391. The van der Waals surface area contributed by atoms with Crippen LogP contribution in [0.25, 0.3) is 0 Å². The number of hydrogen-bond acceptors (Lipinski definition) is 3. The van der Waals surface area contributed by atoms with Gasteiger partial charge in [0.15, 0.2) is 0 Å². The van der Waals surface area contributed by atoms with E-state index in [4.69, 9.17) is 0 Å². The lowest BCUT2D eigenvalue weighted by atomic mass is 9.95. The molecule has 29 heavy (non-hydrogen) atoms. The van der Waals surface area contributed by atoms with Crippen LogP contribution in [-0.4, -0.2) is 35.3 Å². The van der Waals surface area contributed by atoms with Crippen LogP contribution in [0.4, 0.5) is 5.69 Å². The summed E-state index contributed by atoms with van der Waals surface area (Å²) < 4.78 is 0. The highest BCUT2D eigenvalue weighted by atomic mass is 35.5. The molecule has 2 aliphatic heterocycles. The predicted octanol–water partition coefficient (Wildman–Crippen LogP) is 3.31. The molecule has 2 N–H and O–H groups in total. The number of aryl methyl sites for hydroxylation is 1. The summed E-state index contributed by atoms with van der Waals surface area (Å²) in [7, 11) is 0. The van der Waals surface area contributed by atoms with Crippen molar-refractivity contribution in [3.63, 3.8) is 0 Å². The van der Waals surface area contributed by atoms with Gasteiger partial charge < -0.3 is 15.5 Å². The van der Waals surface area contributed by atoms with Gasteiger partial charge in [0, 0.05) is 18.8 Å². The van der Waals surface area contributed by atoms with Crippen molar-refractivity contribution in [2.75, 3.05) is 11.9 Å². The fourth-order valence-electron chi connectivity index (χ4n) is 4.18. The van der Waals surface area contributed by atoms with Crippen molar-refractivity contribution in [1.29, 1.82) is 0 Å². The van der Waals surface area contributed by atoms with Crippen LogP contribution >= 0.6 is 12.4 Å². The summed E-state index contributed by atoms with van der Waals surface area (Å²) in [4.78, 5) is 27.7. The van der Waals surface area contributed by atoms with Crippen molar-refractivity contribution in [2.45, 2.75) is 51.2 Å². The molecular weight excluding hydrogens is 386 g/mol. The van der Waals surface area contributed by atoms with E-state index in [1.165, 1.54) is 16.7 Å². The molecule has 154 valence electrons. The molecule has 2 aliphatic rings. The molecule has 2 aromatic rings. The number of halogens is 1. The Morgan fingerprint density at radius 1 is 1.10 bits per heavy atom. The topological polar surface area (TPSA) is 61.4 Å². The zero-order valence-corrected chi connectivity index (χ0v) is 17.5. The van der Waals surface area contributed by atoms with Gasteiger partial charge in [0.25, 0.3) is 0 Å². The van der Waals surface area contributed by atoms with Gasteiger partial charge in [-0.15, -0.1) is 12.4 Å². The third-order valence-corrected chi connectivity index (χ3v) is 5.85. The first-order valence-electron chi connectivity index (χ1n) is 10.2. The zero-order valence-electron chi connectivity index (χ0n) is 16.7. The Morgan fingerprint density at radius 2 is 1.83 bits per heavy atom. The Balaban J connectivity index is 0.00000240. The van der Waals surface area contributed by atoms with Gasteiger partial charge in [0.2, 0.25) is 11.8 Å². The second-order valence-corrected chi connectivity index (χ2v) is 7.64. The Hall–Kier alpha value is -2.37. The summed E-state index contributed by atoms with van der Waals surface area (Å²) in [5.41, 5.74) is 4.49. The molecule has 0 unspecified atom stereocenters. The van der Waals surface area contributed by atoms with E-state index in [0.717, 1.165) is 18.5 Å². The second kappa shape index (κ2) is 9.42. The van der Waals surface area contributed by atoms with E-state index in [1.807, 2.05) is 36.4 Å². The maximum atomic E-state index is 13.1. The lowest BCUT2D eigenvalue weighted by molar-refractivity contribution is -0.138. The van der Waals surface area contributed by atoms with Crippen LogP contribution < -0.4 is 10.6 Å². The van der Waals surface area contributed by atoms with E-state index in [2.05, 4.69) is 29.7 Å². The molecule has 4 rings (SSSR count). The molecule has 0 radical (unpaired) electrons. The van der Waals surface area contributed by atoms with Crippen LogP contribution in [-0.2, 0) is 29.0 Å². The molecule has 1 fully saturated rings. The van der Waals surface area contributed by atoms with E-state index in [-0.39, 0.29) is 30.3 Å². The number of hydrogen-bond donors (Lipinski definition) is 2. The SMILES string of the molecule is CCc1ccc(NC(=O)[C@@H]2CCCN2C(=O)[C@@H]2Cc3ccccc3CN2)cc1.Cl. The lowest BCUT2D eigenvalue weighted by Crippen LogP contribution is -2.53. The van der Waals surface area contributed by atoms with Gasteiger partial charge in [-0.2, -0.15) is 0 Å². The molecule has 0 aromatic heterocycles. The zero-order chi connectivity index (χ0) is 19.5. The van der Waals surface area contributed by atoms with Crippen LogP contribution in [0.15, 0.2) is 48.5 Å². The van der Waals surface area contributed by atoms with E-state index in [9.17, 15) is 9.59 Å². The molecule has 2 heterocycles. The third-order valence-electron chi connectivity index (χ3n) is 5.85. The maximum Gasteiger partial charge on any atom is 0.247 e. The van der Waals surface area contributed by atoms with Crippen molar-refractivity contribution in [3.05, 3.63) is 65.2 Å². The van der Waals surface area contributed by atoms with Crippen molar-refractivity contribution in [3.8, 4) is 0 Å². The first kappa shape index (κ1) is 21.3. The van der Waals surface area contributed by atoms with E-state index < -0.39 is 6.04 Å². The smallest absolute Gasteiger partial charge is 0.247 e. The number of benzene rings is 2. The number of amides is 2. The van der Waals surface area contributed by atoms with E-state index >= 15 is 0 Å². The average molecular weight is 414 g/mol. The van der Waals surface area contributed by atoms with Gasteiger partial charge in [-0.1, -0.05) is 43.3 Å². The fourth-order valence-corrected chi connectivity index (χ4v) is 4.18. The molecule has 2 amide bonds. The molecule has 2 aromatic carbocycles. The van der Waals surface area contributed by atoms with Crippen molar-refractivity contribution in [1.82, 2.24) is 10.2 Å². The normalized spacial score (nSPS) is 20.5. The molecule has 0 saturated carbocycles. The molecule has 5 nitrogen and oxygen atoms in total. The Morgan fingerprint density at radius 3 is 2.55 bits per heavy atom. The largest absolute Gasteiger partial charge is 0.329 e. The summed E-state index contributed by atoms with van der Waals surface area (Å²) in [6.45, 7) is 3.44. The first-order valence-corrected chi connectivity index (χ1v) is 10.2. The quantitative estimate of drug-likeness (QED) is 0.808. The van der Waals surface area contributed by atoms with Crippen LogP contribution in [0.1, 0.15) is 36.5 Å². The number of anilines is 1. The number of nitrogens with one attached hydrogen (secondary N) is 2. The summed E-state index contributed by atoms with van der Waals surface area (Å²) in [5, 5.41) is 6.34. The van der Waals surface area contributed by atoms with Gasteiger partial charge in [-0.25, -0.2) is 0 Å². The number of carbonyl (C=O) groups is 2. The Labute approximate surface area is 178 Å². The van der Waals surface area contributed by atoms with Crippen LogP contribution in [0, 0.1) is 0 Å². The summed E-state index contributed by atoms with van der Waals surface area (Å²) in [5.74, 6) is -0.0557. The van der Waals surface area contributed by atoms with E-state index in [1.54, 1.807) is 4.90 Å². The highest BCUT2D eigenvalue weighted by molar-refractivity contribution is 5.98. The fraction of sp³-hybridized carbons (Fsp3) is 0.391. The number of fused-ring (bicyclic) bond motifs is 1. The monoisotopic (exact) mass is 413 g/mol. The molecular formula is C23H28ClN3O2. The third kappa shape index (κ3) is 4.62. The van der Waals surface area contributed by atoms with Crippen LogP contribution in [0.2, 0.25) is 0 Å². The highest BCUT2D eigenvalue weighted by Crippen LogP contribution is 2.23. The van der Waals surface area contributed by atoms with Crippen molar-refractivity contribution >= 4 is 29.9 Å². The molecule has 0 spiro atoms. The molecule has 0 bridgehead atoms. The molecule has 2 atom stereocenters. The van der Waals surface area contributed by atoms with Gasteiger partial charge in [0.05, 0.1) is 6.04 Å². The number of carbonyl (C=O) groups excluding carboxylic acids is 2. The van der Waals surface area contributed by atoms with Gasteiger partial charge in [-0.3, -0.25) is 9.59 Å². The highest BCUT2D eigenvalue weighted by Gasteiger charge is 2.38. The van der Waals surface area contributed by atoms with E-state index in [0.29, 0.717) is 25.9 Å². The predicted molar refractivity (Wildman–Crippen MR) is 117 cm³/mol. The maximum absolute atomic E-state index is 13.1. The Kier molecular flexibility index (Phi) is 6.93. The lowest BCUT2D eigenvalue weighted by Gasteiger charge is -2.31. The first-order chi connectivity index (χ1) is 13.7. The Bertz CT molecular complexity index is 869. The van der Waals surface area contributed by atoms with Crippen molar-refractivity contribution in [2.24, 2.45) is 0 Å². The van der Waals surface area contributed by atoms with Crippen LogP contribution in [0.3, 0.4) is 0 Å². The number of nitrogens with zero attached hydrogens (tertiary/aromatic N) is 1. The van der Waals surface area contributed by atoms with Gasteiger partial charge in [-0.05, 0) is 54.5 Å². The standard InChI is InChI=1S/C23H27N3O2.ClH/c1-2-16-9-11-19(12-10-16)25-22(27)21-8-5-13-26(21)23(28)20-14-17-6-3-4-7-18(17)15-24-20;/h3-4,6-7,9-12,20-21,24H,2,5,8,13-15H2,1H3,(H,25,27);1H/t20-,21-;/m0./s1. The molecule has 6 heteroatoms.